The molecule has 0 aliphatic rings. The molecule has 0 aromatic heterocycles. The Hall–Kier alpha value is -2.29. The lowest BCUT2D eigenvalue weighted by Gasteiger charge is -2.23. The van der Waals surface area contributed by atoms with Gasteiger partial charge in [-0.15, -0.1) is 24.0 Å². The van der Waals surface area contributed by atoms with Crippen molar-refractivity contribution in [3.63, 3.8) is 0 Å². The number of halogens is 1. The van der Waals surface area contributed by atoms with E-state index in [1.807, 2.05) is 19.2 Å². The number of nitrogens with one attached hydrogen (secondary N) is 2. The number of carbonyl (C=O) groups is 1. The molecule has 1 amide bonds. The van der Waals surface area contributed by atoms with E-state index in [0.717, 1.165) is 18.3 Å². The Morgan fingerprint density at radius 1 is 1.07 bits per heavy atom. The number of rotatable bonds is 7. The van der Waals surface area contributed by atoms with Crippen LogP contribution in [-0.4, -0.2) is 51.1 Å². The van der Waals surface area contributed by atoms with E-state index in [-0.39, 0.29) is 29.9 Å². The van der Waals surface area contributed by atoms with Crippen LogP contribution in [0, 0.1) is 6.92 Å². The highest BCUT2D eigenvalue weighted by Crippen LogP contribution is 2.11. The zero-order valence-corrected chi connectivity index (χ0v) is 19.2. The molecule has 0 spiro atoms. The van der Waals surface area contributed by atoms with Crippen molar-refractivity contribution < 1.29 is 9.53 Å². The summed E-state index contributed by atoms with van der Waals surface area (Å²) in [6, 6.07) is 15.3. The monoisotopic (exact) mass is 496 g/mol. The summed E-state index contributed by atoms with van der Waals surface area (Å²) in [5.74, 6) is 1.41. The lowest BCUT2D eigenvalue weighted by molar-refractivity contribution is 0.0954. The summed E-state index contributed by atoms with van der Waals surface area (Å²) in [5.41, 5.74) is 3.12. The molecule has 2 aromatic carbocycles. The zero-order valence-electron chi connectivity index (χ0n) is 16.9. The summed E-state index contributed by atoms with van der Waals surface area (Å²) in [4.78, 5) is 18.5. The maximum absolute atomic E-state index is 12.2. The molecule has 28 heavy (non-hydrogen) atoms. The van der Waals surface area contributed by atoms with Gasteiger partial charge in [0.2, 0.25) is 0 Å². The molecule has 2 rings (SSSR count). The van der Waals surface area contributed by atoms with E-state index in [2.05, 4.69) is 39.6 Å². The van der Waals surface area contributed by atoms with Crippen LogP contribution in [0.4, 0.5) is 0 Å². The van der Waals surface area contributed by atoms with Gasteiger partial charge < -0.3 is 20.3 Å². The number of ether oxygens (including phenoxy) is 1. The Labute approximate surface area is 184 Å². The molecular formula is C21H29IN4O2. The second-order valence-electron chi connectivity index (χ2n) is 6.24. The van der Waals surface area contributed by atoms with Gasteiger partial charge in [0, 0.05) is 39.3 Å². The number of amides is 1. The Bertz CT molecular complexity index is 778. The molecular weight excluding hydrogens is 467 g/mol. The molecule has 6 nitrogen and oxygen atoms in total. The predicted molar refractivity (Wildman–Crippen MR) is 125 cm³/mol. The van der Waals surface area contributed by atoms with Gasteiger partial charge in [0.1, 0.15) is 5.75 Å². The molecule has 0 saturated heterocycles. The maximum Gasteiger partial charge on any atom is 0.251 e. The highest BCUT2D eigenvalue weighted by atomic mass is 127. The van der Waals surface area contributed by atoms with Crippen LogP contribution in [0.3, 0.4) is 0 Å². The zero-order chi connectivity index (χ0) is 19.6. The number of aryl methyl sites for hydroxylation is 1. The third-order valence-electron chi connectivity index (χ3n) is 4.29. The third kappa shape index (κ3) is 7.03. The Morgan fingerprint density at radius 3 is 2.32 bits per heavy atom. The van der Waals surface area contributed by atoms with Crippen LogP contribution in [0.25, 0.3) is 0 Å². The predicted octanol–water partition coefficient (Wildman–Crippen LogP) is 3.06. The molecule has 0 radical (unpaired) electrons. The number of carbonyl (C=O) groups excluding carboxylic acids is 1. The Morgan fingerprint density at radius 2 is 1.71 bits per heavy atom. The third-order valence-corrected chi connectivity index (χ3v) is 4.29. The molecule has 0 fully saturated rings. The van der Waals surface area contributed by atoms with Gasteiger partial charge >= 0.3 is 0 Å². The summed E-state index contributed by atoms with van der Waals surface area (Å²) in [5, 5.41) is 6.17. The normalized spacial score (nSPS) is 10.6. The average Bonchev–Trinajstić information content (AvgIpc) is 2.69. The van der Waals surface area contributed by atoms with Crippen molar-refractivity contribution >= 4 is 35.8 Å². The number of methoxy groups -OCH3 is 1. The summed E-state index contributed by atoms with van der Waals surface area (Å²) in [6.45, 7) is 3.97. The molecule has 0 atom stereocenters. The van der Waals surface area contributed by atoms with Gasteiger partial charge in [0.15, 0.2) is 5.96 Å². The lowest BCUT2D eigenvalue weighted by atomic mass is 10.1. The van der Waals surface area contributed by atoms with Gasteiger partial charge in [-0.1, -0.05) is 24.3 Å². The number of aliphatic imine (C=N–C) groups is 1. The van der Waals surface area contributed by atoms with Crippen molar-refractivity contribution in [1.82, 2.24) is 15.5 Å². The van der Waals surface area contributed by atoms with Gasteiger partial charge in [-0.3, -0.25) is 9.79 Å². The van der Waals surface area contributed by atoms with Crippen molar-refractivity contribution in [2.24, 2.45) is 4.99 Å². The van der Waals surface area contributed by atoms with Crippen LogP contribution < -0.4 is 15.4 Å². The van der Waals surface area contributed by atoms with Gasteiger partial charge in [-0.05, 0) is 42.3 Å². The van der Waals surface area contributed by atoms with Crippen LogP contribution in [0.5, 0.6) is 5.75 Å². The van der Waals surface area contributed by atoms with E-state index < -0.39 is 0 Å². The minimum absolute atomic E-state index is 0. The van der Waals surface area contributed by atoms with E-state index in [4.69, 9.17) is 4.74 Å². The number of hydrogen-bond acceptors (Lipinski definition) is 3. The number of nitrogens with zero attached hydrogens (tertiary/aromatic N) is 2. The van der Waals surface area contributed by atoms with Crippen molar-refractivity contribution in [2.75, 3.05) is 34.3 Å². The van der Waals surface area contributed by atoms with Crippen molar-refractivity contribution in [1.29, 1.82) is 0 Å². The number of benzene rings is 2. The number of guanidine groups is 1. The Kier molecular flexibility index (Phi) is 10.4. The van der Waals surface area contributed by atoms with Gasteiger partial charge in [-0.2, -0.15) is 0 Å². The van der Waals surface area contributed by atoms with Gasteiger partial charge in [-0.25, -0.2) is 0 Å². The molecule has 0 aliphatic carbocycles. The summed E-state index contributed by atoms with van der Waals surface area (Å²) < 4.78 is 5.10. The fraction of sp³-hybridized carbons (Fsp3) is 0.333. The van der Waals surface area contributed by atoms with Crippen molar-refractivity contribution in [2.45, 2.75) is 13.5 Å². The van der Waals surface area contributed by atoms with Gasteiger partial charge in [0.05, 0.1) is 7.11 Å². The molecule has 0 aliphatic heterocycles. The fourth-order valence-corrected chi connectivity index (χ4v) is 2.70. The van der Waals surface area contributed by atoms with E-state index in [1.165, 1.54) is 11.1 Å². The molecule has 7 heteroatoms. The molecule has 0 bridgehead atoms. The molecule has 152 valence electrons. The second-order valence-corrected chi connectivity index (χ2v) is 6.24. The van der Waals surface area contributed by atoms with E-state index in [9.17, 15) is 4.79 Å². The smallest absolute Gasteiger partial charge is 0.251 e. The molecule has 2 aromatic rings. The first-order chi connectivity index (χ1) is 13.0. The maximum atomic E-state index is 12.2. The highest BCUT2D eigenvalue weighted by molar-refractivity contribution is 14.0. The second kappa shape index (κ2) is 12.2. The summed E-state index contributed by atoms with van der Waals surface area (Å²) in [7, 11) is 5.36. The van der Waals surface area contributed by atoms with Crippen LogP contribution >= 0.6 is 24.0 Å². The van der Waals surface area contributed by atoms with Crippen LogP contribution in [0.1, 0.15) is 21.5 Å². The number of hydrogen-bond donors (Lipinski definition) is 2. The average molecular weight is 496 g/mol. The van der Waals surface area contributed by atoms with Gasteiger partial charge in [0.25, 0.3) is 5.91 Å². The summed E-state index contributed by atoms with van der Waals surface area (Å²) >= 11 is 0. The standard InChI is InChI=1S/C21H28N4O2.HI/c1-16-7-5-6-8-18(16)15-25(3)21(22-2)24-14-13-23-20(26)17-9-11-19(27-4)12-10-17;/h5-12H,13-15H2,1-4H3,(H,22,24)(H,23,26);1H. The van der Waals surface area contributed by atoms with Crippen molar-refractivity contribution in [3.05, 3.63) is 65.2 Å². The SMILES string of the molecule is CN=C(NCCNC(=O)c1ccc(OC)cc1)N(C)Cc1ccccc1C.I. The minimum atomic E-state index is -0.109. The van der Waals surface area contributed by atoms with Crippen molar-refractivity contribution in [3.8, 4) is 5.75 Å². The topological polar surface area (TPSA) is 66.0 Å². The first-order valence-corrected chi connectivity index (χ1v) is 8.93. The van der Waals surface area contributed by atoms with E-state index >= 15 is 0 Å². The minimum Gasteiger partial charge on any atom is -0.497 e. The largest absolute Gasteiger partial charge is 0.497 e. The first-order valence-electron chi connectivity index (χ1n) is 8.93. The quantitative estimate of drug-likeness (QED) is 0.268. The molecule has 2 N–H and O–H groups in total. The van der Waals surface area contributed by atoms with E-state index in [1.54, 1.807) is 38.4 Å². The first kappa shape index (κ1) is 23.7. The fourth-order valence-electron chi connectivity index (χ4n) is 2.70. The Balaban J connectivity index is 0.00000392. The van der Waals surface area contributed by atoms with Crippen LogP contribution in [0.2, 0.25) is 0 Å². The lowest BCUT2D eigenvalue weighted by Crippen LogP contribution is -2.42. The molecule has 0 saturated carbocycles. The van der Waals surface area contributed by atoms with E-state index in [0.29, 0.717) is 18.7 Å². The highest BCUT2D eigenvalue weighted by Gasteiger charge is 2.08. The van der Waals surface area contributed by atoms with Crippen LogP contribution in [-0.2, 0) is 6.54 Å². The molecule has 0 unspecified atom stereocenters. The summed E-state index contributed by atoms with van der Waals surface area (Å²) in [6.07, 6.45) is 0. The van der Waals surface area contributed by atoms with Crippen LogP contribution in [0.15, 0.2) is 53.5 Å². The molecule has 0 heterocycles.